The van der Waals surface area contributed by atoms with E-state index in [-0.39, 0.29) is 5.91 Å². The molecular weight excluding hydrogens is 182 g/mol. The van der Waals surface area contributed by atoms with Crippen molar-refractivity contribution in [2.45, 2.75) is 0 Å². The summed E-state index contributed by atoms with van der Waals surface area (Å²) in [4.78, 5) is 13.4. The van der Waals surface area contributed by atoms with E-state index in [0.717, 1.165) is 5.82 Å². The Labute approximate surface area is 83.5 Å². The van der Waals surface area contributed by atoms with Crippen LogP contribution >= 0.6 is 0 Å². The molecule has 5 N–H and O–H groups in total. The lowest BCUT2D eigenvalue weighted by Crippen LogP contribution is -2.35. The van der Waals surface area contributed by atoms with Crippen molar-refractivity contribution >= 4 is 5.91 Å². The average Bonchev–Trinajstić information content (AvgIpc) is 2.60. The van der Waals surface area contributed by atoms with Gasteiger partial charge >= 0.3 is 0 Å². The van der Waals surface area contributed by atoms with Crippen molar-refractivity contribution < 1.29 is 4.79 Å². The highest BCUT2D eigenvalue weighted by Crippen LogP contribution is 2.11. The SMILES string of the molecule is CNC(=O)C1=C(NC)NCN1CCN. The molecule has 0 unspecified atom stereocenters. The Hall–Kier alpha value is -1.43. The first kappa shape index (κ1) is 10.6. The highest BCUT2D eigenvalue weighted by Gasteiger charge is 2.25. The molecule has 6 nitrogen and oxygen atoms in total. The third-order valence-electron chi connectivity index (χ3n) is 2.09. The van der Waals surface area contributed by atoms with Crippen LogP contribution in [0.5, 0.6) is 0 Å². The molecule has 0 fully saturated rings. The number of carbonyl (C=O) groups excluding carboxylic acids is 1. The molecule has 1 aliphatic rings. The molecule has 0 saturated heterocycles. The molecule has 80 valence electrons. The van der Waals surface area contributed by atoms with Crippen LogP contribution in [0.25, 0.3) is 0 Å². The van der Waals surface area contributed by atoms with E-state index in [1.165, 1.54) is 0 Å². The minimum Gasteiger partial charge on any atom is -0.373 e. The minimum atomic E-state index is -0.104. The molecule has 0 saturated carbocycles. The lowest BCUT2D eigenvalue weighted by atomic mass is 10.3. The molecule has 0 aromatic rings. The van der Waals surface area contributed by atoms with Crippen LogP contribution in [-0.4, -0.2) is 44.7 Å². The highest BCUT2D eigenvalue weighted by atomic mass is 16.2. The van der Waals surface area contributed by atoms with Gasteiger partial charge in [0, 0.05) is 27.2 Å². The average molecular weight is 199 g/mol. The van der Waals surface area contributed by atoms with Crippen LogP contribution in [0.1, 0.15) is 0 Å². The van der Waals surface area contributed by atoms with E-state index in [4.69, 9.17) is 5.73 Å². The lowest BCUT2D eigenvalue weighted by Gasteiger charge is -2.18. The van der Waals surface area contributed by atoms with Gasteiger partial charge in [-0.3, -0.25) is 4.79 Å². The molecule has 1 amide bonds. The molecule has 0 spiro atoms. The van der Waals surface area contributed by atoms with Gasteiger partial charge in [-0.05, 0) is 0 Å². The fourth-order valence-corrected chi connectivity index (χ4v) is 1.42. The molecule has 6 heteroatoms. The molecule has 1 aliphatic heterocycles. The summed E-state index contributed by atoms with van der Waals surface area (Å²) in [5.74, 6) is 0.644. The molecule has 0 aromatic heterocycles. The van der Waals surface area contributed by atoms with E-state index >= 15 is 0 Å². The van der Waals surface area contributed by atoms with Crippen molar-refractivity contribution in [2.75, 3.05) is 33.9 Å². The first-order valence-corrected chi connectivity index (χ1v) is 4.57. The standard InChI is InChI=1S/C8H17N5O/c1-10-7-6(8(14)11-2)13(4-3-9)5-12-7/h10,12H,3-5,9H2,1-2H3,(H,11,14). The van der Waals surface area contributed by atoms with Crippen LogP contribution in [0.15, 0.2) is 11.5 Å². The smallest absolute Gasteiger partial charge is 0.271 e. The van der Waals surface area contributed by atoms with Crippen LogP contribution < -0.4 is 21.7 Å². The van der Waals surface area contributed by atoms with E-state index in [0.29, 0.717) is 25.5 Å². The molecular formula is C8H17N5O. The van der Waals surface area contributed by atoms with E-state index < -0.39 is 0 Å². The Bertz CT molecular complexity index is 250. The number of likely N-dealkylation sites (N-methyl/N-ethyl adjacent to an activating group) is 1. The second kappa shape index (κ2) is 4.71. The van der Waals surface area contributed by atoms with Crippen LogP contribution in [0, 0.1) is 0 Å². The van der Waals surface area contributed by atoms with Gasteiger partial charge in [0.1, 0.15) is 11.5 Å². The first-order valence-electron chi connectivity index (χ1n) is 4.57. The molecule has 0 aromatic carbocycles. The fourth-order valence-electron chi connectivity index (χ4n) is 1.42. The predicted molar refractivity (Wildman–Crippen MR) is 53.9 cm³/mol. The summed E-state index contributed by atoms with van der Waals surface area (Å²) < 4.78 is 0. The molecule has 1 rings (SSSR count). The third kappa shape index (κ3) is 1.90. The summed E-state index contributed by atoms with van der Waals surface area (Å²) in [5.41, 5.74) is 6.08. The number of hydrogen-bond acceptors (Lipinski definition) is 5. The molecule has 1 heterocycles. The minimum absolute atomic E-state index is 0.104. The maximum Gasteiger partial charge on any atom is 0.271 e. The van der Waals surface area contributed by atoms with Gasteiger partial charge in [0.15, 0.2) is 0 Å². The van der Waals surface area contributed by atoms with Gasteiger partial charge in [-0.1, -0.05) is 0 Å². The second-order valence-electron chi connectivity index (χ2n) is 2.94. The van der Waals surface area contributed by atoms with Crippen molar-refractivity contribution in [2.24, 2.45) is 5.73 Å². The quantitative estimate of drug-likeness (QED) is 0.419. The number of nitrogens with zero attached hydrogens (tertiary/aromatic N) is 1. The van der Waals surface area contributed by atoms with E-state index in [9.17, 15) is 4.79 Å². The molecule has 0 radical (unpaired) electrons. The fraction of sp³-hybridized carbons (Fsp3) is 0.625. The summed E-state index contributed by atoms with van der Waals surface area (Å²) in [6.45, 7) is 1.82. The van der Waals surface area contributed by atoms with Crippen molar-refractivity contribution in [3.05, 3.63) is 11.5 Å². The lowest BCUT2D eigenvalue weighted by molar-refractivity contribution is -0.118. The summed E-state index contributed by atoms with van der Waals surface area (Å²) in [7, 11) is 3.39. The Morgan fingerprint density at radius 3 is 2.86 bits per heavy atom. The number of carbonyl (C=O) groups is 1. The zero-order valence-corrected chi connectivity index (χ0v) is 8.55. The maximum atomic E-state index is 11.5. The zero-order chi connectivity index (χ0) is 10.6. The summed E-state index contributed by atoms with van der Waals surface area (Å²) >= 11 is 0. The topological polar surface area (TPSA) is 82.4 Å². The molecule has 0 bridgehead atoms. The zero-order valence-electron chi connectivity index (χ0n) is 8.55. The largest absolute Gasteiger partial charge is 0.373 e. The number of hydrogen-bond donors (Lipinski definition) is 4. The Balaban J connectivity index is 2.83. The predicted octanol–water partition coefficient (Wildman–Crippen LogP) is -2.06. The highest BCUT2D eigenvalue weighted by molar-refractivity contribution is 5.93. The number of nitrogens with one attached hydrogen (secondary N) is 3. The van der Waals surface area contributed by atoms with Crippen LogP contribution in [-0.2, 0) is 4.79 Å². The summed E-state index contributed by atoms with van der Waals surface area (Å²) in [6.07, 6.45) is 0. The number of rotatable bonds is 4. The van der Waals surface area contributed by atoms with Gasteiger partial charge in [0.05, 0.1) is 6.67 Å². The van der Waals surface area contributed by atoms with Crippen LogP contribution in [0.3, 0.4) is 0 Å². The normalized spacial score (nSPS) is 15.5. The van der Waals surface area contributed by atoms with E-state index in [1.807, 2.05) is 4.90 Å². The Morgan fingerprint density at radius 1 is 1.64 bits per heavy atom. The second-order valence-corrected chi connectivity index (χ2v) is 2.94. The van der Waals surface area contributed by atoms with Crippen LogP contribution in [0.4, 0.5) is 0 Å². The number of amides is 1. The van der Waals surface area contributed by atoms with Crippen molar-refractivity contribution in [3.63, 3.8) is 0 Å². The van der Waals surface area contributed by atoms with Gasteiger partial charge in [0.2, 0.25) is 0 Å². The molecule has 0 aliphatic carbocycles. The Kier molecular flexibility index (Phi) is 3.58. The van der Waals surface area contributed by atoms with Crippen molar-refractivity contribution in [1.82, 2.24) is 20.9 Å². The summed E-state index contributed by atoms with van der Waals surface area (Å²) in [5, 5.41) is 8.63. The monoisotopic (exact) mass is 199 g/mol. The van der Waals surface area contributed by atoms with Crippen LogP contribution in [0.2, 0.25) is 0 Å². The first-order chi connectivity index (χ1) is 6.74. The van der Waals surface area contributed by atoms with E-state index in [2.05, 4.69) is 16.0 Å². The molecule has 14 heavy (non-hydrogen) atoms. The van der Waals surface area contributed by atoms with E-state index in [1.54, 1.807) is 14.1 Å². The van der Waals surface area contributed by atoms with Crippen molar-refractivity contribution in [3.8, 4) is 0 Å². The number of nitrogens with two attached hydrogens (primary N) is 1. The van der Waals surface area contributed by atoms with Gasteiger partial charge in [-0.15, -0.1) is 0 Å². The van der Waals surface area contributed by atoms with Gasteiger partial charge < -0.3 is 26.6 Å². The van der Waals surface area contributed by atoms with Gasteiger partial charge in [-0.25, -0.2) is 0 Å². The molecule has 0 atom stereocenters. The Morgan fingerprint density at radius 2 is 2.36 bits per heavy atom. The summed E-state index contributed by atoms with van der Waals surface area (Å²) in [6, 6.07) is 0. The third-order valence-corrected chi connectivity index (χ3v) is 2.09. The van der Waals surface area contributed by atoms with Gasteiger partial charge in [-0.2, -0.15) is 0 Å². The van der Waals surface area contributed by atoms with Crippen molar-refractivity contribution in [1.29, 1.82) is 0 Å². The maximum absolute atomic E-state index is 11.5. The van der Waals surface area contributed by atoms with Gasteiger partial charge in [0.25, 0.3) is 5.91 Å².